The Kier molecular flexibility index (Phi) is 9.99. The highest BCUT2D eigenvalue weighted by Gasteiger charge is 2.24. The third-order valence-corrected chi connectivity index (χ3v) is 5.78. The summed E-state index contributed by atoms with van der Waals surface area (Å²) in [4.78, 5) is 8.59. The summed E-state index contributed by atoms with van der Waals surface area (Å²) in [5.74, 6) is 1.06. The molecule has 3 rings (SSSR count). The molecule has 2 unspecified atom stereocenters. The smallest absolute Gasteiger partial charge is 0.191 e. The molecule has 0 radical (unpaired) electrons. The van der Waals surface area contributed by atoms with Gasteiger partial charge >= 0.3 is 0 Å². The zero-order valence-electron chi connectivity index (χ0n) is 16.7. The van der Waals surface area contributed by atoms with Crippen LogP contribution in [0.25, 0.3) is 0 Å². The second-order valence-electron chi connectivity index (χ2n) is 6.76. The fourth-order valence-corrected chi connectivity index (χ4v) is 4.03. The molecule has 2 atom stereocenters. The number of hydrogen-bond donors (Lipinski definition) is 2. The number of ether oxygens (including phenoxy) is 1. The van der Waals surface area contributed by atoms with E-state index < -0.39 is 5.82 Å². The van der Waals surface area contributed by atoms with Crippen LogP contribution in [0.3, 0.4) is 0 Å². The van der Waals surface area contributed by atoms with E-state index >= 15 is 0 Å². The monoisotopic (exact) mass is 530 g/mol. The van der Waals surface area contributed by atoms with E-state index in [0.717, 1.165) is 36.2 Å². The summed E-state index contributed by atoms with van der Waals surface area (Å²) in [6, 6.07) is 8.87. The Morgan fingerprint density at radius 3 is 2.86 bits per heavy atom. The average molecular weight is 530 g/mol. The number of rotatable bonds is 7. The zero-order chi connectivity index (χ0) is 19.8. The van der Waals surface area contributed by atoms with Gasteiger partial charge in [0.15, 0.2) is 17.5 Å². The molecule has 2 N–H and O–H groups in total. The van der Waals surface area contributed by atoms with Crippen LogP contribution < -0.4 is 15.4 Å². The number of guanidine groups is 1. The lowest BCUT2D eigenvalue weighted by atomic mass is 10.2. The molecule has 1 fully saturated rings. The standard InChI is InChI=1S/C21H27FN4OS.HI/c1-3-24-21(26-16-7-8-18(12-16)28-2)25-13-15-6-9-20(19(22)11-15)27-17-5-4-10-23-14-17;/h4-6,9-11,14,16,18H,3,7-8,12-13H2,1-2H3,(H2,24,25,26);1H. The topological polar surface area (TPSA) is 58.5 Å². The number of nitrogens with one attached hydrogen (secondary N) is 2. The first-order chi connectivity index (χ1) is 13.7. The van der Waals surface area contributed by atoms with Crippen molar-refractivity contribution >= 4 is 41.7 Å². The van der Waals surface area contributed by atoms with Crippen molar-refractivity contribution in [3.05, 3.63) is 54.1 Å². The molecular weight excluding hydrogens is 502 g/mol. The first-order valence-electron chi connectivity index (χ1n) is 9.62. The SMILES string of the molecule is CCNC(=NCc1ccc(Oc2cccnc2)c(F)c1)NC1CCC(SC)C1.I. The van der Waals surface area contributed by atoms with E-state index in [1.807, 2.05) is 24.8 Å². The molecule has 1 aliphatic carbocycles. The van der Waals surface area contributed by atoms with Gasteiger partial charge in [0.1, 0.15) is 5.75 Å². The van der Waals surface area contributed by atoms with Crippen molar-refractivity contribution in [2.75, 3.05) is 12.8 Å². The Balaban J connectivity index is 0.00000300. The minimum atomic E-state index is -0.409. The Bertz CT molecular complexity index is 794. The number of aromatic nitrogens is 1. The fourth-order valence-electron chi connectivity index (χ4n) is 3.23. The van der Waals surface area contributed by atoms with Crippen molar-refractivity contribution in [3.8, 4) is 11.5 Å². The molecule has 0 amide bonds. The molecule has 0 saturated heterocycles. The number of halogens is 2. The predicted molar refractivity (Wildman–Crippen MR) is 129 cm³/mol. The van der Waals surface area contributed by atoms with Gasteiger partial charge in [-0.3, -0.25) is 4.98 Å². The number of benzene rings is 1. The predicted octanol–water partition coefficient (Wildman–Crippen LogP) is 4.97. The Labute approximate surface area is 193 Å². The Morgan fingerprint density at radius 2 is 2.21 bits per heavy atom. The van der Waals surface area contributed by atoms with Gasteiger partial charge in [-0.15, -0.1) is 24.0 Å². The van der Waals surface area contributed by atoms with Crippen molar-refractivity contribution in [2.45, 2.75) is 44.0 Å². The van der Waals surface area contributed by atoms with Crippen molar-refractivity contribution in [1.29, 1.82) is 0 Å². The molecule has 0 aliphatic heterocycles. The molecule has 29 heavy (non-hydrogen) atoms. The van der Waals surface area contributed by atoms with E-state index in [0.29, 0.717) is 18.3 Å². The van der Waals surface area contributed by atoms with Gasteiger partial charge in [0, 0.05) is 24.0 Å². The van der Waals surface area contributed by atoms with Crippen molar-refractivity contribution in [1.82, 2.24) is 15.6 Å². The van der Waals surface area contributed by atoms with E-state index in [-0.39, 0.29) is 29.7 Å². The normalized spacial score (nSPS) is 18.8. The third-order valence-electron chi connectivity index (χ3n) is 4.68. The summed E-state index contributed by atoms with van der Waals surface area (Å²) in [5.41, 5.74) is 0.793. The maximum Gasteiger partial charge on any atom is 0.191 e. The van der Waals surface area contributed by atoms with E-state index in [2.05, 4.69) is 26.9 Å². The minimum Gasteiger partial charge on any atom is -0.453 e. The van der Waals surface area contributed by atoms with Crippen LogP contribution in [-0.2, 0) is 6.54 Å². The van der Waals surface area contributed by atoms with Crippen LogP contribution in [-0.4, -0.2) is 35.0 Å². The number of hydrogen-bond acceptors (Lipinski definition) is 4. The van der Waals surface area contributed by atoms with Gasteiger partial charge in [0.25, 0.3) is 0 Å². The lowest BCUT2D eigenvalue weighted by molar-refractivity contribution is 0.440. The van der Waals surface area contributed by atoms with Crippen molar-refractivity contribution < 1.29 is 9.13 Å². The second-order valence-corrected chi connectivity index (χ2v) is 7.90. The van der Waals surface area contributed by atoms with Crippen LogP contribution in [0.1, 0.15) is 31.7 Å². The van der Waals surface area contributed by atoms with Crippen LogP contribution in [0.2, 0.25) is 0 Å². The lowest BCUT2D eigenvalue weighted by Crippen LogP contribution is -2.42. The summed E-state index contributed by atoms with van der Waals surface area (Å²) < 4.78 is 19.9. The van der Waals surface area contributed by atoms with Crippen LogP contribution in [0.5, 0.6) is 11.5 Å². The lowest BCUT2D eigenvalue weighted by Gasteiger charge is -2.17. The van der Waals surface area contributed by atoms with Crippen molar-refractivity contribution in [3.63, 3.8) is 0 Å². The van der Waals surface area contributed by atoms with Gasteiger partial charge in [-0.05, 0) is 62.3 Å². The van der Waals surface area contributed by atoms with E-state index in [1.165, 1.54) is 12.5 Å². The van der Waals surface area contributed by atoms with E-state index in [9.17, 15) is 4.39 Å². The first kappa shape index (κ1) is 23.7. The number of thioether (sulfide) groups is 1. The van der Waals surface area contributed by atoms with Crippen LogP contribution in [0.15, 0.2) is 47.7 Å². The molecule has 1 aromatic heterocycles. The molecule has 1 aromatic carbocycles. The summed E-state index contributed by atoms with van der Waals surface area (Å²) in [7, 11) is 0. The second kappa shape index (κ2) is 12.2. The maximum atomic E-state index is 14.4. The molecule has 0 bridgehead atoms. The van der Waals surface area contributed by atoms with Crippen molar-refractivity contribution in [2.24, 2.45) is 4.99 Å². The van der Waals surface area contributed by atoms with Gasteiger partial charge in [-0.25, -0.2) is 9.38 Å². The molecule has 8 heteroatoms. The number of nitrogens with zero attached hydrogens (tertiary/aromatic N) is 2. The molecule has 0 spiro atoms. The van der Waals surface area contributed by atoms with E-state index in [1.54, 1.807) is 30.6 Å². The first-order valence-corrected chi connectivity index (χ1v) is 10.9. The quantitative estimate of drug-likeness (QED) is 0.301. The molecular formula is C21H28FIN4OS. The van der Waals surface area contributed by atoms with Crippen LogP contribution >= 0.6 is 35.7 Å². The molecule has 1 heterocycles. The van der Waals surface area contributed by atoms with Gasteiger partial charge < -0.3 is 15.4 Å². The van der Waals surface area contributed by atoms with Gasteiger partial charge in [-0.1, -0.05) is 6.07 Å². The zero-order valence-corrected chi connectivity index (χ0v) is 19.9. The average Bonchev–Trinajstić information content (AvgIpc) is 3.17. The fraction of sp³-hybridized carbons (Fsp3) is 0.429. The Morgan fingerprint density at radius 1 is 1.34 bits per heavy atom. The largest absolute Gasteiger partial charge is 0.453 e. The highest BCUT2D eigenvalue weighted by molar-refractivity contribution is 14.0. The third kappa shape index (κ3) is 7.33. The Hall–Kier alpha value is -1.55. The highest BCUT2D eigenvalue weighted by atomic mass is 127. The van der Waals surface area contributed by atoms with Gasteiger partial charge in [0.2, 0.25) is 0 Å². The minimum absolute atomic E-state index is 0. The van der Waals surface area contributed by atoms with Gasteiger partial charge in [0.05, 0.1) is 12.7 Å². The molecule has 1 aliphatic rings. The van der Waals surface area contributed by atoms with E-state index in [4.69, 9.17) is 4.74 Å². The van der Waals surface area contributed by atoms with Gasteiger partial charge in [-0.2, -0.15) is 11.8 Å². The number of pyridine rings is 1. The van der Waals surface area contributed by atoms with Crippen LogP contribution in [0, 0.1) is 5.82 Å². The summed E-state index contributed by atoms with van der Waals surface area (Å²) in [6.07, 6.45) is 8.92. The molecule has 5 nitrogen and oxygen atoms in total. The summed E-state index contributed by atoms with van der Waals surface area (Å²) in [6.45, 7) is 3.23. The number of aliphatic imine (C=N–C) groups is 1. The molecule has 158 valence electrons. The maximum absolute atomic E-state index is 14.4. The summed E-state index contributed by atoms with van der Waals surface area (Å²) >= 11 is 1.93. The molecule has 1 saturated carbocycles. The highest BCUT2D eigenvalue weighted by Crippen LogP contribution is 2.28. The molecule has 2 aromatic rings. The van der Waals surface area contributed by atoms with Crippen LogP contribution in [0.4, 0.5) is 4.39 Å². The summed E-state index contributed by atoms with van der Waals surface area (Å²) in [5, 5.41) is 7.51.